The number of carbonyl (C=O) groups is 2. The summed E-state index contributed by atoms with van der Waals surface area (Å²) in [5.41, 5.74) is 2.09. The van der Waals surface area contributed by atoms with E-state index in [1.165, 1.54) is 0 Å². The van der Waals surface area contributed by atoms with Crippen molar-refractivity contribution in [1.82, 2.24) is 15.1 Å². The van der Waals surface area contributed by atoms with Gasteiger partial charge in [0.25, 0.3) is 0 Å². The monoisotopic (exact) mass is 299 g/mol. The van der Waals surface area contributed by atoms with E-state index in [9.17, 15) is 9.59 Å². The number of aliphatic carboxylic acids is 1. The first-order valence-electron chi connectivity index (χ1n) is 7.20. The Morgan fingerprint density at radius 1 is 1.23 bits per heavy atom. The Balaban J connectivity index is 1.61. The van der Waals surface area contributed by atoms with E-state index in [4.69, 9.17) is 5.11 Å². The molecule has 1 amide bonds. The molecule has 0 spiro atoms. The molecule has 6 nitrogen and oxygen atoms in total. The molecule has 1 aromatic carbocycles. The molecule has 1 aromatic heterocycles. The second-order valence-electron chi connectivity index (χ2n) is 5.48. The van der Waals surface area contributed by atoms with Crippen LogP contribution < -0.4 is 5.32 Å². The first-order chi connectivity index (χ1) is 10.6. The number of amides is 1. The maximum absolute atomic E-state index is 11.9. The summed E-state index contributed by atoms with van der Waals surface area (Å²) in [6, 6.07) is 9.70. The van der Waals surface area contributed by atoms with Gasteiger partial charge in [0.2, 0.25) is 5.91 Å². The van der Waals surface area contributed by atoms with Gasteiger partial charge in [0.15, 0.2) is 0 Å². The maximum atomic E-state index is 11.9. The second-order valence-corrected chi connectivity index (χ2v) is 5.48. The highest BCUT2D eigenvalue weighted by molar-refractivity contribution is 5.89. The van der Waals surface area contributed by atoms with Crippen LogP contribution in [0.3, 0.4) is 0 Å². The molecule has 1 aliphatic rings. The fourth-order valence-corrected chi connectivity index (χ4v) is 2.52. The molecular formula is C16H17N3O3. The zero-order valence-electron chi connectivity index (χ0n) is 12.0. The van der Waals surface area contributed by atoms with E-state index < -0.39 is 11.9 Å². The third-order valence-corrected chi connectivity index (χ3v) is 3.91. The highest BCUT2D eigenvalue weighted by Crippen LogP contribution is 2.38. The number of carboxylic acid groups (broad SMARTS) is 1. The van der Waals surface area contributed by atoms with Gasteiger partial charge in [-0.1, -0.05) is 24.3 Å². The molecule has 114 valence electrons. The van der Waals surface area contributed by atoms with Gasteiger partial charge in [0.1, 0.15) is 0 Å². The van der Waals surface area contributed by atoms with Gasteiger partial charge in [-0.05, 0) is 23.6 Å². The van der Waals surface area contributed by atoms with E-state index >= 15 is 0 Å². The first-order valence-corrected chi connectivity index (χ1v) is 7.20. The van der Waals surface area contributed by atoms with Crippen molar-refractivity contribution in [2.45, 2.75) is 19.5 Å². The molecule has 0 radical (unpaired) electrons. The van der Waals surface area contributed by atoms with Gasteiger partial charge in [-0.3, -0.25) is 14.3 Å². The molecule has 6 heteroatoms. The normalized spacial score (nSPS) is 19.6. The molecular weight excluding hydrogens is 282 g/mol. The van der Waals surface area contributed by atoms with Crippen LogP contribution in [0.5, 0.6) is 0 Å². The predicted molar refractivity (Wildman–Crippen MR) is 78.9 cm³/mol. The molecule has 1 fully saturated rings. The number of carbonyl (C=O) groups excluding carboxylic acids is 1. The van der Waals surface area contributed by atoms with Gasteiger partial charge in [-0.2, -0.15) is 5.10 Å². The molecule has 2 unspecified atom stereocenters. The number of nitrogens with zero attached hydrogens (tertiary/aromatic N) is 2. The minimum atomic E-state index is -0.890. The summed E-state index contributed by atoms with van der Waals surface area (Å²) in [5.74, 6) is -1.96. The van der Waals surface area contributed by atoms with Crippen LogP contribution >= 0.6 is 0 Å². The largest absolute Gasteiger partial charge is 0.481 e. The lowest BCUT2D eigenvalue weighted by atomic mass is 10.1. The number of nitrogens with one attached hydrogen (secondary N) is 1. The van der Waals surface area contributed by atoms with Gasteiger partial charge in [-0.25, -0.2) is 0 Å². The number of carboxylic acids is 1. The Bertz CT molecular complexity index is 682. The number of hydrogen-bond donors (Lipinski definition) is 2. The molecule has 0 saturated heterocycles. The average molecular weight is 299 g/mol. The zero-order chi connectivity index (χ0) is 15.5. The van der Waals surface area contributed by atoms with Crippen molar-refractivity contribution < 1.29 is 14.7 Å². The SMILES string of the molecule is O=C(O)C1CC1C(=O)NCc1ccccc1Cn1cccn1. The van der Waals surface area contributed by atoms with Gasteiger partial charge in [0, 0.05) is 18.9 Å². The predicted octanol–water partition coefficient (Wildman–Crippen LogP) is 1.27. The lowest BCUT2D eigenvalue weighted by Gasteiger charge is -2.11. The number of rotatable bonds is 6. The van der Waals surface area contributed by atoms with Crippen LogP contribution in [0.15, 0.2) is 42.7 Å². The third kappa shape index (κ3) is 3.16. The van der Waals surface area contributed by atoms with Gasteiger partial charge < -0.3 is 10.4 Å². The summed E-state index contributed by atoms with van der Waals surface area (Å²) in [7, 11) is 0. The number of benzene rings is 1. The van der Waals surface area contributed by atoms with Crippen LogP contribution in [0.25, 0.3) is 0 Å². The minimum absolute atomic E-state index is 0.179. The van der Waals surface area contributed by atoms with Crippen molar-refractivity contribution in [1.29, 1.82) is 0 Å². The van der Waals surface area contributed by atoms with Gasteiger partial charge >= 0.3 is 5.97 Å². The summed E-state index contributed by atoms with van der Waals surface area (Å²) in [6.45, 7) is 1.04. The molecule has 22 heavy (non-hydrogen) atoms. The molecule has 2 aromatic rings. The van der Waals surface area contributed by atoms with E-state index in [1.807, 2.05) is 41.2 Å². The Hall–Kier alpha value is -2.63. The molecule has 0 aliphatic heterocycles. The highest BCUT2D eigenvalue weighted by atomic mass is 16.4. The molecule has 1 heterocycles. The van der Waals surface area contributed by atoms with Crippen LogP contribution in [0.4, 0.5) is 0 Å². The Labute approximate surface area is 127 Å². The number of hydrogen-bond acceptors (Lipinski definition) is 3. The molecule has 2 N–H and O–H groups in total. The Kier molecular flexibility index (Phi) is 3.91. The van der Waals surface area contributed by atoms with Crippen molar-refractivity contribution in [3.8, 4) is 0 Å². The Morgan fingerprint density at radius 2 is 2.00 bits per heavy atom. The second kappa shape index (κ2) is 6.01. The van der Waals surface area contributed by atoms with Crippen LogP contribution in [-0.2, 0) is 22.7 Å². The summed E-state index contributed by atoms with van der Waals surface area (Å²) >= 11 is 0. The van der Waals surface area contributed by atoms with Crippen molar-refractivity contribution in [2.75, 3.05) is 0 Å². The first kappa shape index (κ1) is 14.3. The molecule has 1 aliphatic carbocycles. The molecule has 0 bridgehead atoms. The quantitative estimate of drug-likeness (QED) is 0.841. The topological polar surface area (TPSA) is 84.2 Å². The van der Waals surface area contributed by atoms with Crippen LogP contribution in [0.2, 0.25) is 0 Å². The van der Waals surface area contributed by atoms with E-state index in [2.05, 4.69) is 10.4 Å². The van der Waals surface area contributed by atoms with E-state index in [0.717, 1.165) is 11.1 Å². The lowest BCUT2D eigenvalue weighted by molar-refractivity contribution is -0.140. The van der Waals surface area contributed by atoms with Crippen LogP contribution in [0, 0.1) is 11.8 Å². The third-order valence-electron chi connectivity index (χ3n) is 3.91. The van der Waals surface area contributed by atoms with Crippen molar-refractivity contribution >= 4 is 11.9 Å². The van der Waals surface area contributed by atoms with Crippen LogP contribution in [0.1, 0.15) is 17.5 Å². The van der Waals surface area contributed by atoms with Crippen molar-refractivity contribution in [2.24, 2.45) is 11.8 Å². The highest BCUT2D eigenvalue weighted by Gasteiger charge is 2.48. The van der Waals surface area contributed by atoms with Gasteiger partial charge in [-0.15, -0.1) is 0 Å². The standard InChI is InChI=1S/C16H17N3O3/c20-15(13-8-14(13)16(21)22)17-9-11-4-1-2-5-12(11)10-19-7-3-6-18-19/h1-7,13-14H,8-10H2,(H,17,20)(H,21,22). The summed E-state index contributed by atoms with van der Waals surface area (Å²) in [6.07, 6.45) is 4.05. The van der Waals surface area contributed by atoms with E-state index in [0.29, 0.717) is 19.5 Å². The summed E-state index contributed by atoms with van der Waals surface area (Å²) < 4.78 is 1.82. The lowest BCUT2D eigenvalue weighted by Crippen LogP contribution is -2.26. The molecule has 3 rings (SSSR count). The fraction of sp³-hybridized carbons (Fsp3) is 0.312. The number of aromatic nitrogens is 2. The van der Waals surface area contributed by atoms with Crippen molar-refractivity contribution in [3.05, 3.63) is 53.9 Å². The summed E-state index contributed by atoms with van der Waals surface area (Å²) in [4.78, 5) is 22.7. The maximum Gasteiger partial charge on any atom is 0.307 e. The smallest absolute Gasteiger partial charge is 0.307 e. The zero-order valence-corrected chi connectivity index (χ0v) is 12.0. The van der Waals surface area contributed by atoms with E-state index in [1.54, 1.807) is 6.20 Å². The van der Waals surface area contributed by atoms with E-state index in [-0.39, 0.29) is 11.8 Å². The Morgan fingerprint density at radius 3 is 2.64 bits per heavy atom. The van der Waals surface area contributed by atoms with Crippen LogP contribution in [-0.4, -0.2) is 26.8 Å². The molecule has 2 atom stereocenters. The molecule has 1 saturated carbocycles. The summed E-state index contributed by atoms with van der Waals surface area (Å²) in [5, 5.41) is 15.9. The van der Waals surface area contributed by atoms with Gasteiger partial charge in [0.05, 0.1) is 18.4 Å². The fourth-order valence-electron chi connectivity index (χ4n) is 2.52. The minimum Gasteiger partial charge on any atom is -0.481 e. The van der Waals surface area contributed by atoms with Crippen molar-refractivity contribution in [3.63, 3.8) is 0 Å². The average Bonchev–Trinajstić information content (AvgIpc) is 3.17.